The van der Waals surface area contributed by atoms with Gasteiger partial charge in [0, 0.05) is 5.56 Å². The van der Waals surface area contributed by atoms with Gasteiger partial charge in [0.25, 0.3) is 5.91 Å². The monoisotopic (exact) mass is 403 g/mol. The van der Waals surface area contributed by atoms with Crippen LogP contribution in [0.5, 0.6) is 0 Å². The molecule has 3 nitrogen and oxygen atoms in total. The highest BCUT2D eigenvalue weighted by Gasteiger charge is 2.34. The molecule has 0 spiro atoms. The second-order valence-corrected chi connectivity index (χ2v) is 8.19. The number of aliphatic hydroxyl groups excluding tert-OH is 1. The SMILES string of the molecule is Cc1cc(C(NC(=O)c2cc(CO)cc(-c3ccccc3C)c2)C2CC2)ccc1F. The smallest absolute Gasteiger partial charge is 0.251 e. The Balaban J connectivity index is 1.65. The van der Waals surface area contributed by atoms with E-state index in [1.54, 1.807) is 19.1 Å². The molecule has 0 aromatic heterocycles. The molecule has 0 saturated heterocycles. The van der Waals surface area contributed by atoms with Crippen LogP contribution < -0.4 is 5.32 Å². The molecule has 1 aliphatic carbocycles. The molecule has 3 aromatic rings. The fourth-order valence-electron chi connectivity index (χ4n) is 3.96. The number of aliphatic hydroxyl groups is 1. The summed E-state index contributed by atoms with van der Waals surface area (Å²) < 4.78 is 13.7. The van der Waals surface area contributed by atoms with Crippen LogP contribution in [0, 0.1) is 25.6 Å². The number of nitrogens with one attached hydrogen (secondary N) is 1. The molecule has 1 atom stereocenters. The maximum atomic E-state index is 13.7. The first kappa shape index (κ1) is 20.3. The molecule has 30 heavy (non-hydrogen) atoms. The van der Waals surface area contributed by atoms with E-state index in [0.717, 1.165) is 35.1 Å². The Morgan fingerprint density at radius 2 is 1.83 bits per heavy atom. The van der Waals surface area contributed by atoms with E-state index in [4.69, 9.17) is 0 Å². The van der Waals surface area contributed by atoms with Gasteiger partial charge in [-0.15, -0.1) is 0 Å². The average Bonchev–Trinajstić information content (AvgIpc) is 3.59. The molecule has 1 aliphatic rings. The van der Waals surface area contributed by atoms with Gasteiger partial charge in [0.1, 0.15) is 5.82 Å². The van der Waals surface area contributed by atoms with Crippen LogP contribution >= 0.6 is 0 Å². The number of aryl methyl sites for hydroxylation is 2. The van der Waals surface area contributed by atoms with E-state index < -0.39 is 0 Å². The highest BCUT2D eigenvalue weighted by molar-refractivity contribution is 5.96. The van der Waals surface area contributed by atoms with Gasteiger partial charge in [-0.25, -0.2) is 4.39 Å². The number of amides is 1. The molecule has 1 amide bonds. The first-order valence-electron chi connectivity index (χ1n) is 10.3. The normalized spacial score (nSPS) is 14.4. The quantitative estimate of drug-likeness (QED) is 0.572. The van der Waals surface area contributed by atoms with Crippen molar-refractivity contribution in [3.63, 3.8) is 0 Å². The average molecular weight is 403 g/mol. The van der Waals surface area contributed by atoms with Crippen molar-refractivity contribution in [2.24, 2.45) is 5.92 Å². The summed E-state index contributed by atoms with van der Waals surface area (Å²) in [6.07, 6.45) is 2.10. The Morgan fingerprint density at radius 3 is 2.50 bits per heavy atom. The molecule has 1 fully saturated rings. The van der Waals surface area contributed by atoms with Crippen molar-refractivity contribution >= 4 is 5.91 Å². The topological polar surface area (TPSA) is 49.3 Å². The standard InChI is InChI=1S/C26H26FNO2/c1-16-5-3-4-6-23(16)21-12-18(15-29)13-22(14-21)26(30)28-25(19-7-8-19)20-9-10-24(27)17(2)11-20/h3-6,9-14,19,25,29H,7-8,15H2,1-2H3,(H,28,30). The Hall–Kier alpha value is -2.98. The zero-order chi connectivity index (χ0) is 21.3. The summed E-state index contributed by atoms with van der Waals surface area (Å²) in [6.45, 7) is 3.63. The van der Waals surface area contributed by atoms with Crippen LogP contribution in [-0.2, 0) is 6.61 Å². The lowest BCUT2D eigenvalue weighted by Gasteiger charge is -2.20. The molecule has 2 N–H and O–H groups in total. The number of carbonyl (C=O) groups is 1. The summed E-state index contributed by atoms with van der Waals surface area (Å²) in [5, 5.41) is 12.9. The lowest BCUT2D eigenvalue weighted by Crippen LogP contribution is -2.30. The van der Waals surface area contributed by atoms with Crippen molar-refractivity contribution in [1.82, 2.24) is 5.32 Å². The zero-order valence-electron chi connectivity index (χ0n) is 17.3. The molecule has 4 rings (SSSR count). The van der Waals surface area contributed by atoms with Gasteiger partial charge in [-0.3, -0.25) is 4.79 Å². The van der Waals surface area contributed by atoms with Gasteiger partial charge in [-0.2, -0.15) is 0 Å². The van der Waals surface area contributed by atoms with E-state index in [1.807, 2.05) is 49.4 Å². The molecule has 0 radical (unpaired) electrons. The Labute approximate surface area is 176 Å². The maximum absolute atomic E-state index is 13.7. The van der Waals surface area contributed by atoms with E-state index in [9.17, 15) is 14.3 Å². The zero-order valence-corrected chi connectivity index (χ0v) is 17.3. The Kier molecular flexibility index (Phi) is 5.69. The number of carbonyl (C=O) groups excluding carboxylic acids is 1. The minimum Gasteiger partial charge on any atom is -0.392 e. The predicted molar refractivity (Wildman–Crippen MR) is 117 cm³/mol. The largest absolute Gasteiger partial charge is 0.392 e. The molecule has 4 heteroatoms. The van der Waals surface area contributed by atoms with E-state index in [1.165, 1.54) is 6.07 Å². The lowest BCUT2D eigenvalue weighted by atomic mass is 9.95. The second kappa shape index (κ2) is 8.41. The third-order valence-corrected chi connectivity index (χ3v) is 5.81. The summed E-state index contributed by atoms with van der Waals surface area (Å²) in [5.74, 6) is -0.0483. The molecule has 0 bridgehead atoms. The molecule has 1 unspecified atom stereocenters. The third-order valence-electron chi connectivity index (χ3n) is 5.81. The summed E-state index contributed by atoms with van der Waals surface area (Å²) in [5.41, 5.74) is 5.78. The Morgan fingerprint density at radius 1 is 1.07 bits per heavy atom. The van der Waals surface area contributed by atoms with Crippen LogP contribution in [-0.4, -0.2) is 11.0 Å². The van der Waals surface area contributed by atoms with E-state index in [-0.39, 0.29) is 24.4 Å². The number of hydrogen-bond donors (Lipinski definition) is 2. The van der Waals surface area contributed by atoms with Gasteiger partial charge in [0.2, 0.25) is 0 Å². The minimum absolute atomic E-state index is 0.136. The third kappa shape index (κ3) is 4.29. The van der Waals surface area contributed by atoms with Crippen molar-refractivity contribution in [3.05, 3.63) is 94.3 Å². The minimum atomic E-state index is -0.238. The van der Waals surface area contributed by atoms with Crippen LogP contribution in [0.2, 0.25) is 0 Å². The van der Waals surface area contributed by atoms with Gasteiger partial charge < -0.3 is 10.4 Å². The molecule has 1 saturated carbocycles. The van der Waals surface area contributed by atoms with Gasteiger partial charge in [-0.1, -0.05) is 36.4 Å². The summed E-state index contributed by atoms with van der Waals surface area (Å²) in [7, 11) is 0. The van der Waals surface area contributed by atoms with Gasteiger partial charge >= 0.3 is 0 Å². The fourth-order valence-corrected chi connectivity index (χ4v) is 3.96. The number of halogens is 1. The van der Waals surface area contributed by atoms with Crippen molar-refractivity contribution < 1.29 is 14.3 Å². The highest BCUT2D eigenvalue weighted by atomic mass is 19.1. The highest BCUT2D eigenvalue weighted by Crippen LogP contribution is 2.41. The van der Waals surface area contributed by atoms with E-state index in [2.05, 4.69) is 5.32 Å². The van der Waals surface area contributed by atoms with Crippen LogP contribution in [0.1, 0.15) is 51.5 Å². The molecule has 154 valence electrons. The molecule has 0 aliphatic heterocycles. The van der Waals surface area contributed by atoms with Gasteiger partial charge in [0.15, 0.2) is 0 Å². The predicted octanol–water partition coefficient (Wildman–Crippen LogP) is 5.48. The van der Waals surface area contributed by atoms with Crippen LogP contribution in [0.4, 0.5) is 4.39 Å². The maximum Gasteiger partial charge on any atom is 0.251 e. The van der Waals surface area contributed by atoms with Crippen LogP contribution in [0.3, 0.4) is 0 Å². The van der Waals surface area contributed by atoms with E-state index in [0.29, 0.717) is 22.6 Å². The van der Waals surface area contributed by atoms with Crippen LogP contribution in [0.25, 0.3) is 11.1 Å². The molecule has 0 heterocycles. The molecular formula is C26H26FNO2. The van der Waals surface area contributed by atoms with Crippen LogP contribution in [0.15, 0.2) is 60.7 Å². The number of rotatable bonds is 6. The van der Waals surface area contributed by atoms with E-state index >= 15 is 0 Å². The summed E-state index contributed by atoms with van der Waals surface area (Å²) in [4.78, 5) is 13.2. The van der Waals surface area contributed by atoms with Gasteiger partial charge in [-0.05, 0) is 90.3 Å². The summed E-state index contributed by atoms with van der Waals surface area (Å²) >= 11 is 0. The number of hydrogen-bond acceptors (Lipinski definition) is 2. The van der Waals surface area contributed by atoms with Gasteiger partial charge in [0.05, 0.1) is 12.6 Å². The van der Waals surface area contributed by atoms with Crippen molar-refractivity contribution in [1.29, 1.82) is 0 Å². The molecule has 3 aromatic carbocycles. The fraction of sp³-hybridized carbons (Fsp3) is 0.269. The summed E-state index contributed by atoms with van der Waals surface area (Å²) in [6, 6.07) is 18.4. The lowest BCUT2D eigenvalue weighted by molar-refractivity contribution is 0.0931. The van der Waals surface area contributed by atoms with Crippen molar-refractivity contribution in [2.75, 3.05) is 0 Å². The first-order chi connectivity index (χ1) is 14.5. The second-order valence-electron chi connectivity index (χ2n) is 8.19. The van der Waals surface area contributed by atoms with Crippen molar-refractivity contribution in [2.45, 2.75) is 39.3 Å². The number of benzene rings is 3. The Bertz CT molecular complexity index is 1090. The molecular weight excluding hydrogens is 377 g/mol. The van der Waals surface area contributed by atoms with Crippen molar-refractivity contribution in [3.8, 4) is 11.1 Å². The first-order valence-corrected chi connectivity index (χ1v) is 10.3.